The Morgan fingerprint density at radius 3 is 2.51 bits per heavy atom. The highest BCUT2D eigenvalue weighted by molar-refractivity contribution is 5.93. The van der Waals surface area contributed by atoms with Gasteiger partial charge in [-0.25, -0.2) is 14.0 Å². The smallest absolute Gasteiger partial charge is 0.292 e. The summed E-state index contributed by atoms with van der Waals surface area (Å²) in [5, 5.41) is 7.75. The van der Waals surface area contributed by atoms with E-state index >= 15 is 4.39 Å². The molecular formula is C27H26FN5O2. The minimum Gasteiger partial charge on any atom is -0.292 e. The van der Waals surface area contributed by atoms with Crippen LogP contribution in [-0.4, -0.2) is 32.4 Å². The third kappa shape index (κ3) is 4.39. The van der Waals surface area contributed by atoms with Gasteiger partial charge in [0.1, 0.15) is 11.5 Å². The molecule has 1 aliphatic heterocycles. The highest BCUT2D eigenvalue weighted by atomic mass is 19.1. The monoisotopic (exact) mass is 471 g/mol. The minimum atomic E-state index is -0.793. The molecule has 1 aliphatic rings. The summed E-state index contributed by atoms with van der Waals surface area (Å²) in [5.41, 5.74) is 3.97. The molecule has 3 aromatic carbocycles. The SMILES string of the molecule is Cc1ccccc1CCc1cccc(F)c1-n1nnn(C(=O)N2CCCCc3ccccc32)c1=O. The van der Waals surface area contributed by atoms with Crippen LogP contribution in [0.25, 0.3) is 5.69 Å². The maximum absolute atomic E-state index is 15.0. The third-order valence-corrected chi connectivity index (χ3v) is 6.56. The maximum Gasteiger partial charge on any atom is 0.377 e. The van der Waals surface area contributed by atoms with Crippen molar-refractivity contribution in [3.8, 4) is 5.69 Å². The molecule has 2 heterocycles. The zero-order valence-corrected chi connectivity index (χ0v) is 19.5. The van der Waals surface area contributed by atoms with Gasteiger partial charge >= 0.3 is 11.7 Å². The van der Waals surface area contributed by atoms with E-state index in [1.54, 1.807) is 17.0 Å². The van der Waals surface area contributed by atoms with Crippen LogP contribution in [0.4, 0.5) is 14.9 Å². The van der Waals surface area contributed by atoms with Gasteiger partial charge in [-0.1, -0.05) is 54.6 Å². The first kappa shape index (κ1) is 22.7. The predicted molar refractivity (Wildman–Crippen MR) is 132 cm³/mol. The summed E-state index contributed by atoms with van der Waals surface area (Å²) in [7, 11) is 0. The molecule has 0 unspecified atom stereocenters. The van der Waals surface area contributed by atoms with Crippen LogP contribution in [0.5, 0.6) is 0 Å². The van der Waals surface area contributed by atoms with E-state index in [4.69, 9.17) is 0 Å². The van der Waals surface area contributed by atoms with Crippen molar-refractivity contribution in [2.45, 2.75) is 39.0 Å². The molecule has 8 heteroatoms. The van der Waals surface area contributed by atoms with Crippen molar-refractivity contribution < 1.29 is 9.18 Å². The van der Waals surface area contributed by atoms with Crippen LogP contribution in [0, 0.1) is 12.7 Å². The van der Waals surface area contributed by atoms with Crippen molar-refractivity contribution in [1.29, 1.82) is 0 Å². The lowest BCUT2D eigenvalue weighted by Gasteiger charge is -2.21. The summed E-state index contributed by atoms with van der Waals surface area (Å²) in [6.45, 7) is 2.50. The average Bonchev–Trinajstić information content (AvgIpc) is 3.10. The van der Waals surface area contributed by atoms with E-state index in [0.717, 1.165) is 51.0 Å². The summed E-state index contributed by atoms with van der Waals surface area (Å²) in [6.07, 6.45) is 3.79. The molecule has 0 bridgehead atoms. The number of para-hydroxylation sites is 2. The number of halogens is 1. The lowest BCUT2D eigenvalue weighted by molar-refractivity contribution is 0.243. The zero-order valence-electron chi connectivity index (χ0n) is 19.5. The van der Waals surface area contributed by atoms with Crippen molar-refractivity contribution in [1.82, 2.24) is 19.8 Å². The predicted octanol–water partition coefficient (Wildman–Crippen LogP) is 4.47. The van der Waals surface area contributed by atoms with E-state index < -0.39 is 17.5 Å². The minimum absolute atomic E-state index is 0.0291. The van der Waals surface area contributed by atoms with Crippen LogP contribution in [0.15, 0.2) is 71.5 Å². The summed E-state index contributed by atoms with van der Waals surface area (Å²) in [5.74, 6) is -0.589. The van der Waals surface area contributed by atoms with Crippen molar-refractivity contribution >= 4 is 11.7 Å². The molecule has 178 valence electrons. The first-order valence-corrected chi connectivity index (χ1v) is 11.8. The molecule has 1 amide bonds. The second kappa shape index (κ2) is 9.66. The Bertz CT molecular complexity index is 1440. The molecule has 7 nitrogen and oxygen atoms in total. The van der Waals surface area contributed by atoms with Crippen LogP contribution in [0.3, 0.4) is 0 Å². The van der Waals surface area contributed by atoms with E-state index in [1.165, 1.54) is 6.07 Å². The lowest BCUT2D eigenvalue weighted by atomic mass is 9.99. The van der Waals surface area contributed by atoms with Crippen LogP contribution < -0.4 is 10.6 Å². The number of fused-ring (bicyclic) bond motifs is 1. The molecule has 35 heavy (non-hydrogen) atoms. The molecule has 0 fully saturated rings. The highest BCUT2D eigenvalue weighted by Gasteiger charge is 2.27. The molecule has 0 aliphatic carbocycles. The maximum atomic E-state index is 15.0. The largest absolute Gasteiger partial charge is 0.377 e. The Hall–Kier alpha value is -4.07. The molecule has 4 aromatic rings. The van der Waals surface area contributed by atoms with Crippen LogP contribution in [0.2, 0.25) is 0 Å². The van der Waals surface area contributed by atoms with E-state index in [1.807, 2.05) is 55.5 Å². The number of hydrogen-bond acceptors (Lipinski definition) is 4. The van der Waals surface area contributed by atoms with E-state index in [9.17, 15) is 9.59 Å². The topological polar surface area (TPSA) is 73.0 Å². The standard InChI is InChI=1S/C27H26FN5O2/c1-19-9-2-3-10-20(19)16-17-22-13-8-14-23(28)25(22)32-27(35)33(30-29-32)26(34)31-18-7-6-12-21-11-4-5-15-24(21)31/h2-5,8-11,13-15H,6-7,12,16-18H2,1H3. The van der Waals surface area contributed by atoms with Crippen molar-refractivity contribution in [2.75, 3.05) is 11.4 Å². The van der Waals surface area contributed by atoms with Crippen molar-refractivity contribution in [2.24, 2.45) is 0 Å². The number of aromatic nitrogens is 4. The highest BCUT2D eigenvalue weighted by Crippen LogP contribution is 2.26. The number of anilines is 1. The second-order valence-electron chi connectivity index (χ2n) is 8.78. The Morgan fingerprint density at radius 1 is 0.914 bits per heavy atom. The third-order valence-electron chi connectivity index (χ3n) is 6.56. The summed E-state index contributed by atoms with van der Waals surface area (Å²) in [6, 6.07) is 19.8. The van der Waals surface area contributed by atoms with Gasteiger partial charge in [-0.05, 0) is 83.8 Å². The van der Waals surface area contributed by atoms with Crippen LogP contribution >= 0.6 is 0 Å². The number of nitrogens with zero attached hydrogens (tertiary/aromatic N) is 5. The Kier molecular flexibility index (Phi) is 6.27. The van der Waals surface area contributed by atoms with Gasteiger partial charge in [0.15, 0.2) is 0 Å². The summed E-state index contributed by atoms with van der Waals surface area (Å²) >= 11 is 0. The van der Waals surface area contributed by atoms with Gasteiger partial charge in [0.05, 0.1) is 0 Å². The lowest BCUT2D eigenvalue weighted by Crippen LogP contribution is -2.41. The van der Waals surface area contributed by atoms with Gasteiger partial charge in [0, 0.05) is 12.2 Å². The first-order valence-electron chi connectivity index (χ1n) is 11.8. The number of carbonyl (C=O) groups excluding carboxylic acids is 1. The average molecular weight is 472 g/mol. The van der Waals surface area contributed by atoms with Crippen molar-refractivity contribution in [3.63, 3.8) is 0 Å². The van der Waals surface area contributed by atoms with Crippen LogP contribution in [-0.2, 0) is 19.3 Å². The quantitative estimate of drug-likeness (QED) is 0.412. The molecule has 1 aromatic heterocycles. The molecule has 0 radical (unpaired) electrons. The number of benzene rings is 3. The van der Waals surface area contributed by atoms with Gasteiger partial charge in [-0.2, -0.15) is 4.68 Å². The van der Waals surface area contributed by atoms with E-state index in [2.05, 4.69) is 10.4 Å². The summed E-state index contributed by atoms with van der Waals surface area (Å²) < 4.78 is 16.6. The fourth-order valence-electron chi connectivity index (χ4n) is 4.67. The van der Waals surface area contributed by atoms with Crippen molar-refractivity contribution in [3.05, 3.63) is 105 Å². The van der Waals surface area contributed by atoms with Gasteiger partial charge in [-0.15, -0.1) is 4.68 Å². The molecule has 0 saturated carbocycles. The molecular weight excluding hydrogens is 445 g/mol. The van der Waals surface area contributed by atoms with Gasteiger partial charge in [-0.3, -0.25) is 4.90 Å². The van der Waals surface area contributed by atoms with Gasteiger partial charge < -0.3 is 0 Å². The van der Waals surface area contributed by atoms with Gasteiger partial charge in [0.25, 0.3) is 0 Å². The first-order chi connectivity index (χ1) is 17.0. The number of amides is 1. The van der Waals surface area contributed by atoms with E-state index in [-0.39, 0.29) is 5.69 Å². The number of aryl methyl sites for hydroxylation is 4. The molecule has 0 atom stereocenters. The van der Waals surface area contributed by atoms with E-state index in [0.29, 0.717) is 24.9 Å². The van der Waals surface area contributed by atoms with Crippen LogP contribution in [0.1, 0.15) is 35.1 Å². The number of tetrazole rings is 1. The fourth-order valence-corrected chi connectivity index (χ4v) is 4.67. The number of hydrogen-bond donors (Lipinski definition) is 0. The zero-order chi connectivity index (χ0) is 24.4. The Morgan fingerprint density at radius 2 is 1.66 bits per heavy atom. The normalized spacial score (nSPS) is 13.4. The number of rotatable bonds is 4. The molecule has 0 N–H and O–H groups in total. The summed E-state index contributed by atoms with van der Waals surface area (Å²) in [4.78, 5) is 28.2. The second-order valence-corrected chi connectivity index (χ2v) is 8.78. The molecule has 5 rings (SSSR count). The Balaban J connectivity index is 1.48. The Labute approximate surface area is 202 Å². The molecule has 0 spiro atoms. The van der Waals surface area contributed by atoms with Gasteiger partial charge in [0.2, 0.25) is 0 Å². The fraction of sp³-hybridized carbons (Fsp3) is 0.259. The number of carbonyl (C=O) groups is 1. The molecule has 0 saturated heterocycles.